The number of carbonyl (C=O) groups excluding carboxylic acids is 2. The van der Waals surface area contributed by atoms with Crippen LogP contribution >= 0.6 is 23.2 Å². The molecule has 0 unspecified atom stereocenters. The largest absolute Gasteiger partial charge is 0.298 e. The summed E-state index contributed by atoms with van der Waals surface area (Å²) in [6.07, 6.45) is 4.59. The van der Waals surface area contributed by atoms with Crippen LogP contribution in [-0.4, -0.2) is 12.6 Å². The highest BCUT2D eigenvalue weighted by Gasteiger charge is 2.04. The number of allylic oxidation sites excluding steroid dienone is 2. The summed E-state index contributed by atoms with van der Waals surface area (Å²) in [6, 6.07) is 14.0. The van der Waals surface area contributed by atoms with Gasteiger partial charge in [0.05, 0.1) is 0 Å². The molecule has 110 valence electrons. The van der Waals surface area contributed by atoms with Gasteiger partial charge in [0.15, 0.2) is 12.6 Å². The number of hydrogen-bond donors (Lipinski definition) is 0. The molecule has 0 saturated carbocycles. The number of rotatable bonds is 5. The summed E-state index contributed by atoms with van der Waals surface area (Å²) in [4.78, 5) is 22.6. The van der Waals surface area contributed by atoms with Gasteiger partial charge in [-0.1, -0.05) is 47.5 Å². The number of halogens is 2. The van der Waals surface area contributed by atoms with Crippen LogP contribution in [0.1, 0.15) is 11.1 Å². The monoisotopic (exact) mass is 330 g/mol. The normalized spacial score (nSPS) is 12.1. The predicted octanol–water partition coefficient (Wildman–Crippen LogP) is 4.86. The first kappa shape index (κ1) is 16.2. The third-order valence-electron chi connectivity index (χ3n) is 2.97. The van der Waals surface area contributed by atoms with Gasteiger partial charge in [0, 0.05) is 21.2 Å². The lowest BCUT2D eigenvalue weighted by molar-refractivity contribution is -0.107. The molecule has 0 heterocycles. The van der Waals surface area contributed by atoms with Crippen LogP contribution in [0.2, 0.25) is 10.0 Å². The second-order valence-electron chi connectivity index (χ2n) is 4.54. The van der Waals surface area contributed by atoms with Gasteiger partial charge >= 0.3 is 0 Å². The molecular formula is C18H12Cl2O2. The van der Waals surface area contributed by atoms with Gasteiger partial charge in [-0.05, 0) is 47.5 Å². The molecule has 2 rings (SSSR count). The summed E-state index contributed by atoms with van der Waals surface area (Å²) in [6.45, 7) is 0. The van der Waals surface area contributed by atoms with Crippen LogP contribution in [0.25, 0.3) is 12.2 Å². The topological polar surface area (TPSA) is 34.1 Å². The summed E-state index contributed by atoms with van der Waals surface area (Å²) in [7, 11) is 0. The highest BCUT2D eigenvalue weighted by Crippen LogP contribution is 2.18. The number of benzene rings is 2. The van der Waals surface area contributed by atoms with E-state index in [4.69, 9.17) is 23.2 Å². The van der Waals surface area contributed by atoms with Crippen LogP contribution in [-0.2, 0) is 9.59 Å². The van der Waals surface area contributed by atoms with Gasteiger partial charge < -0.3 is 0 Å². The molecule has 0 N–H and O–H groups in total. The van der Waals surface area contributed by atoms with Crippen LogP contribution in [0, 0.1) is 0 Å². The summed E-state index contributed by atoms with van der Waals surface area (Å²) >= 11 is 11.6. The molecule has 0 aliphatic carbocycles. The predicted molar refractivity (Wildman–Crippen MR) is 91.0 cm³/mol. The van der Waals surface area contributed by atoms with Crippen molar-refractivity contribution in [3.05, 3.63) is 80.8 Å². The Morgan fingerprint density at radius 1 is 0.636 bits per heavy atom. The molecule has 0 spiro atoms. The van der Waals surface area contributed by atoms with Gasteiger partial charge in [-0.15, -0.1) is 0 Å². The standard InChI is InChI=1S/C18H12Cl2O2/c19-17-5-1-13(2-6-17)9-15(11-21)16(12-22)10-14-3-7-18(20)8-4-14/h1-12H/b15-9+,16-10+. The molecule has 2 aromatic carbocycles. The molecule has 0 aromatic heterocycles. The fraction of sp³-hybridized carbons (Fsp3) is 0. The minimum absolute atomic E-state index is 0.298. The fourth-order valence-corrected chi connectivity index (χ4v) is 2.10. The fourth-order valence-electron chi connectivity index (χ4n) is 1.85. The van der Waals surface area contributed by atoms with Crippen molar-refractivity contribution in [2.45, 2.75) is 0 Å². The van der Waals surface area contributed by atoms with E-state index < -0.39 is 0 Å². The Kier molecular flexibility index (Phi) is 5.70. The van der Waals surface area contributed by atoms with E-state index in [1.54, 1.807) is 60.7 Å². The second kappa shape index (κ2) is 7.74. The Hall–Kier alpha value is -2.16. The van der Waals surface area contributed by atoms with E-state index in [0.29, 0.717) is 33.8 Å². The first-order chi connectivity index (χ1) is 10.6. The first-order valence-electron chi connectivity index (χ1n) is 6.47. The van der Waals surface area contributed by atoms with Crippen molar-refractivity contribution in [2.75, 3.05) is 0 Å². The first-order valence-corrected chi connectivity index (χ1v) is 7.23. The lowest BCUT2D eigenvalue weighted by Gasteiger charge is -2.01. The summed E-state index contributed by atoms with van der Waals surface area (Å²) in [5, 5.41) is 1.22. The van der Waals surface area contributed by atoms with Crippen LogP contribution in [0.15, 0.2) is 59.7 Å². The average Bonchev–Trinajstić information content (AvgIpc) is 2.54. The van der Waals surface area contributed by atoms with Crippen LogP contribution in [0.4, 0.5) is 0 Å². The maximum Gasteiger partial charge on any atom is 0.150 e. The van der Waals surface area contributed by atoms with E-state index >= 15 is 0 Å². The SMILES string of the molecule is O=CC(=C\c1ccc(Cl)cc1)/C(C=O)=C/c1ccc(Cl)cc1. The van der Waals surface area contributed by atoms with Crippen LogP contribution in [0.5, 0.6) is 0 Å². The van der Waals surface area contributed by atoms with Crippen LogP contribution < -0.4 is 0 Å². The maximum absolute atomic E-state index is 11.3. The molecule has 0 saturated heterocycles. The van der Waals surface area contributed by atoms with Gasteiger partial charge in [0.2, 0.25) is 0 Å². The van der Waals surface area contributed by atoms with E-state index in [1.807, 2.05) is 0 Å². The van der Waals surface area contributed by atoms with Gasteiger partial charge in [-0.25, -0.2) is 0 Å². The number of carbonyl (C=O) groups is 2. The van der Waals surface area contributed by atoms with Crippen molar-refractivity contribution in [1.29, 1.82) is 0 Å². The number of aldehydes is 2. The van der Waals surface area contributed by atoms with Crippen molar-refractivity contribution in [3.8, 4) is 0 Å². The molecule has 0 aliphatic rings. The Morgan fingerprint density at radius 2 is 0.955 bits per heavy atom. The molecule has 4 heteroatoms. The zero-order valence-electron chi connectivity index (χ0n) is 11.5. The molecule has 0 fully saturated rings. The van der Waals surface area contributed by atoms with E-state index in [2.05, 4.69) is 0 Å². The average molecular weight is 331 g/mol. The van der Waals surface area contributed by atoms with E-state index in [9.17, 15) is 9.59 Å². The molecule has 0 atom stereocenters. The van der Waals surface area contributed by atoms with Crippen molar-refractivity contribution < 1.29 is 9.59 Å². The zero-order valence-corrected chi connectivity index (χ0v) is 13.0. The third-order valence-corrected chi connectivity index (χ3v) is 3.48. The second-order valence-corrected chi connectivity index (χ2v) is 5.41. The Balaban J connectivity index is 2.37. The van der Waals surface area contributed by atoms with Crippen molar-refractivity contribution >= 4 is 47.9 Å². The molecule has 22 heavy (non-hydrogen) atoms. The van der Waals surface area contributed by atoms with E-state index in [1.165, 1.54) is 0 Å². The van der Waals surface area contributed by atoms with Gasteiger partial charge in [-0.3, -0.25) is 9.59 Å². The Morgan fingerprint density at radius 3 is 1.23 bits per heavy atom. The highest BCUT2D eigenvalue weighted by atomic mass is 35.5. The summed E-state index contributed by atoms with van der Waals surface area (Å²) in [5.74, 6) is 0. The molecule has 0 aliphatic heterocycles. The maximum atomic E-state index is 11.3. The van der Waals surface area contributed by atoms with Crippen molar-refractivity contribution in [1.82, 2.24) is 0 Å². The number of hydrogen-bond acceptors (Lipinski definition) is 2. The van der Waals surface area contributed by atoms with E-state index in [0.717, 1.165) is 11.1 Å². The van der Waals surface area contributed by atoms with Gasteiger partial charge in [-0.2, -0.15) is 0 Å². The molecule has 0 bridgehead atoms. The van der Waals surface area contributed by atoms with E-state index in [-0.39, 0.29) is 0 Å². The van der Waals surface area contributed by atoms with Crippen molar-refractivity contribution in [2.24, 2.45) is 0 Å². The molecule has 2 nitrogen and oxygen atoms in total. The molecule has 0 radical (unpaired) electrons. The Labute approximate surface area is 138 Å². The van der Waals surface area contributed by atoms with Gasteiger partial charge in [0.1, 0.15) is 0 Å². The smallest absolute Gasteiger partial charge is 0.150 e. The molecule has 2 aromatic rings. The zero-order chi connectivity index (χ0) is 15.9. The third kappa shape index (κ3) is 4.42. The lowest BCUT2D eigenvalue weighted by atomic mass is 10.0. The lowest BCUT2D eigenvalue weighted by Crippen LogP contribution is -1.93. The summed E-state index contributed by atoms with van der Waals surface area (Å²) in [5.41, 5.74) is 2.17. The quantitative estimate of drug-likeness (QED) is 0.445. The van der Waals surface area contributed by atoms with Crippen LogP contribution in [0.3, 0.4) is 0 Å². The molecule has 0 amide bonds. The molecular weight excluding hydrogens is 319 g/mol. The minimum Gasteiger partial charge on any atom is -0.298 e. The highest BCUT2D eigenvalue weighted by molar-refractivity contribution is 6.30. The van der Waals surface area contributed by atoms with Gasteiger partial charge in [0.25, 0.3) is 0 Å². The minimum atomic E-state index is 0.298. The van der Waals surface area contributed by atoms with Crippen molar-refractivity contribution in [3.63, 3.8) is 0 Å². The summed E-state index contributed by atoms with van der Waals surface area (Å²) < 4.78 is 0. The Bertz CT molecular complexity index is 661.